The summed E-state index contributed by atoms with van der Waals surface area (Å²) in [6.45, 7) is 21.2. The highest BCUT2D eigenvalue weighted by atomic mass is 31.2. The Labute approximate surface area is 295 Å². The summed E-state index contributed by atoms with van der Waals surface area (Å²) in [5, 5.41) is 4.12. The number of benzene rings is 2. The van der Waals surface area contributed by atoms with Crippen molar-refractivity contribution in [2.75, 3.05) is 0 Å². The molecule has 15 heteroatoms. The van der Waals surface area contributed by atoms with E-state index in [4.69, 9.17) is 13.6 Å². The quantitative estimate of drug-likeness (QED) is 0.116. The number of imidazole rings is 1. The SMILES string of the molecule is CC.CC.CC(C)c1cc(-c2cn3c(-c4ccc5nn(COP(=O)(OC(C)(C)C)OC(C)(C)C)cc5c4F)c(C(F)(F)F)nc3cn2)ccc1F. The average Bonchev–Trinajstić information content (AvgIpc) is 3.63. The minimum atomic E-state index is -4.94. The van der Waals surface area contributed by atoms with Gasteiger partial charge in [0.15, 0.2) is 18.1 Å². The third kappa shape index (κ3) is 10.0. The molecule has 9 nitrogen and oxygen atoms in total. The molecular formula is C36H47F5N5O4P. The van der Waals surface area contributed by atoms with Crippen molar-refractivity contribution in [1.82, 2.24) is 24.1 Å². The first-order chi connectivity index (χ1) is 23.6. The van der Waals surface area contributed by atoms with Gasteiger partial charge in [0.25, 0.3) is 0 Å². The van der Waals surface area contributed by atoms with Crippen molar-refractivity contribution in [1.29, 1.82) is 0 Å². The van der Waals surface area contributed by atoms with Gasteiger partial charge in [0.05, 0.1) is 39.7 Å². The summed E-state index contributed by atoms with van der Waals surface area (Å²) in [5.41, 5.74) is -3.00. The third-order valence-corrected chi connectivity index (χ3v) is 8.71. The molecule has 5 rings (SSSR count). The van der Waals surface area contributed by atoms with E-state index >= 15 is 4.39 Å². The van der Waals surface area contributed by atoms with Gasteiger partial charge < -0.3 is 0 Å². The lowest BCUT2D eigenvalue weighted by molar-refractivity contribution is -0.140. The normalized spacial score (nSPS) is 12.6. The van der Waals surface area contributed by atoms with Crippen LogP contribution in [0, 0.1) is 11.6 Å². The smallest absolute Gasteiger partial charge is 0.295 e. The Morgan fingerprint density at radius 3 is 2.04 bits per heavy atom. The summed E-state index contributed by atoms with van der Waals surface area (Å²) >= 11 is 0. The molecule has 280 valence electrons. The molecule has 0 aliphatic carbocycles. The lowest BCUT2D eigenvalue weighted by atomic mass is 9.99. The van der Waals surface area contributed by atoms with E-state index in [0.29, 0.717) is 11.1 Å². The number of aromatic nitrogens is 5. The number of halogens is 5. The van der Waals surface area contributed by atoms with Crippen molar-refractivity contribution in [3.8, 4) is 22.5 Å². The number of nitrogens with zero attached hydrogens (tertiary/aromatic N) is 5. The van der Waals surface area contributed by atoms with E-state index in [1.807, 2.05) is 41.5 Å². The van der Waals surface area contributed by atoms with Gasteiger partial charge in [-0.15, -0.1) is 0 Å². The Kier molecular flexibility index (Phi) is 13.0. The zero-order valence-electron chi connectivity index (χ0n) is 31.1. The minimum Gasteiger partial charge on any atom is -0.295 e. The molecule has 2 aromatic carbocycles. The predicted octanol–water partition coefficient (Wildman–Crippen LogP) is 11.6. The third-order valence-electron chi connectivity index (χ3n) is 6.74. The van der Waals surface area contributed by atoms with Crippen LogP contribution in [0.2, 0.25) is 0 Å². The number of phosphoric ester groups is 1. The lowest BCUT2D eigenvalue weighted by Crippen LogP contribution is -2.25. The zero-order valence-corrected chi connectivity index (χ0v) is 32.0. The van der Waals surface area contributed by atoms with Crippen LogP contribution in [0.3, 0.4) is 0 Å². The molecule has 51 heavy (non-hydrogen) atoms. The molecule has 0 spiro atoms. The maximum atomic E-state index is 16.2. The molecule has 5 aromatic rings. The second-order valence-corrected chi connectivity index (χ2v) is 14.9. The second kappa shape index (κ2) is 15.9. The Hall–Kier alpha value is -3.71. The van der Waals surface area contributed by atoms with Gasteiger partial charge in [0, 0.05) is 23.5 Å². The fourth-order valence-electron chi connectivity index (χ4n) is 4.93. The molecule has 3 aromatic heterocycles. The number of rotatable bonds is 8. The lowest BCUT2D eigenvalue weighted by Gasteiger charge is -2.30. The Bertz CT molecular complexity index is 1990. The van der Waals surface area contributed by atoms with E-state index in [9.17, 15) is 22.1 Å². The highest BCUT2D eigenvalue weighted by Gasteiger charge is 2.40. The summed E-state index contributed by atoms with van der Waals surface area (Å²) in [7, 11) is -4.14. The first kappa shape index (κ1) is 41.7. The Morgan fingerprint density at radius 1 is 0.882 bits per heavy atom. The number of fused-ring (bicyclic) bond motifs is 2. The Morgan fingerprint density at radius 2 is 1.49 bits per heavy atom. The van der Waals surface area contributed by atoms with Crippen molar-refractivity contribution in [2.24, 2.45) is 0 Å². The highest BCUT2D eigenvalue weighted by molar-refractivity contribution is 7.48. The van der Waals surface area contributed by atoms with Gasteiger partial charge in [0.2, 0.25) is 0 Å². The van der Waals surface area contributed by atoms with Gasteiger partial charge in [-0.3, -0.25) is 23.0 Å². The summed E-state index contributed by atoms with van der Waals surface area (Å²) in [5.74, 6) is -1.57. The molecule has 0 radical (unpaired) electrons. The molecule has 0 saturated heterocycles. The van der Waals surface area contributed by atoms with Gasteiger partial charge in [-0.05, 0) is 83.4 Å². The van der Waals surface area contributed by atoms with E-state index in [2.05, 4.69) is 15.1 Å². The number of phosphoric acid groups is 1. The number of alkyl halides is 3. The van der Waals surface area contributed by atoms with Crippen LogP contribution in [0.1, 0.15) is 100 Å². The van der Waals surface area contributed by atoms with E-state index in [0.717, 1.165) is 15.3 Å². The van der Waals surface area contributed by atoms with Crippen LogP contribution >= 0.6 is 7.82 Å². The number of hydrogen-bond acceptors (Lipinski definition) is 7. The van der Waals surface area contributed by atoms with Gasteiger partial charge in [-0.1, -0.05) is 41.5 Å². The fourth-order valence-corrected chi connectivity index (χ4v) is 6.68. The van der Waals surface area contributed by atoms with Crippen LogP contribution in [-0.4, -0.2) is 35.4 Å². The van der Waals surface area contributed by atoms with Gasteiger partial charge in [-0.2, -0.15) is 18.3 Å². The summed E-state index contributed by atoms with van der Waals surface area (Å²) < 4.78 is 106. The van der Waals surface area contributed by atoms with Crippen molar-refractivity contribution in [3.63, 3.8) is 0 Å². The van der Waals surface area contributed by atoms with Crippen LogP contribution in [-0.2, 0) is 31.0 Å². The average molecular weight is 740 g/mol. The monoisotopic (exact) mass is 739 g/mol. The van der Waals surface area contributed by atoms with E-state index < -0.39 is 60.5 Å². The molecule has 0 unspecified atom stereocenters. The molecule has 0 amide bonds. The van der Waals surface area contributed by atoms with Crippen molar-refractivity contribution in [3.05, 3.63) is 71.8 Å². The van der Waals surface area contributed by atoms with Gasteiger partial charge >= 0.3 is 14.0 Å². The van der Waals surface area contributed by atoms with Crippen molar-refractivity contribution >= 4 is 24.4 Å². The zero-order chi connectivity index (χ0) is 38.7. The largest absolute Gasteiger partial charge is 0.477 e. The van der Waals surface area contributed by atoms with Crippen LogP contribution in [0.5, 0.6) is 0 Å². The molecule has 0 atom stereocenters. The maximum absolute atomic E-state index is 16.2. The Balaban J connectivity index is 0.00000169. The molecular weight excluding hydrogens is 692 g/mol. The number of hydrogen-bond donors (Lipinski definition) is 0. The van der Waals surface area contributed by atoms with Crippen LogP contribution in [0.4, 0.5) is 22.0 Å². The van der Waals surface area contributed by atoms with Gasteiger partial charge in [-0.25, -0.2) is 23.0 Å². The summed E-state index contributed by atoms with van der Waals surface area (Å²) in [4.78, 5) is 8.01. The van der Waals surface area contributed by atoms with Gasteiger partial charge in [0.1, 0.15) is 11.6 Å². The van der Waals surface area contributed by atoms with Crippen LogP contribution < -0.4 is 0 Å². The molecule has 0 aliphatic rings. The van der Waals surface area contributed by atoms with Crippen LogP contribution in [0.25, 0.3) is 39.1 Å². The fraction of sp³-hybridized carbons (Fsp3) is 0.472. The maximum Gasteiger partial charge on any atom is 0.477 e. The molecule has 3 heterocycles. The second-order valence-electron chi connectivity index (χ2n) is 13.3. The predicted molar refractivity (Wildman–Crippen MR) is 189 cm³/mol. The summed E-state index contributed by atoms with van der Waals surface area (Å²) in [6.07, 6.45) is -1.26. The molecule has 0 fully saturated rings. The van der Waals surface area contributed by atoms with E-state index in [1.54, 1.807) is 47.6 Å². The first-order valence-corrected chi connectivity index (χ1v) is 18.2. The van der Waals surface area contributed by atoms with Crippen LogP contribution in [0.15, 0.2) is 48.9 Å². The topological polar surface area (TPSA) is 92.8 Å². The molecule has 0 N–H and O–H groups in total. The molecule has 0 saturated carbocycles. The summed E-state index contributed by atoms with van der Waals surface area (Å²) in [6, 6.07) is 6.86. The molecule has 0 bridgehead atoms. The molecule has 0 aliphatic heterocycles. The van der Waals surface area contributed by atoms with E-state index in [1.165, 1.54) is 36.7 Å². The van der Waals surface area contributed by atoms with E-state index in [-0.39, 0.29) is 28.2 Å². The standard InChI is InChI=1S/C32H35F5N5O4P.2C2H6/c1-18(2)21-13-19(9-11-23(21)33)25-16-42-26(14-38-25)39-29(32(35,36)37)28(42)20-10-12-24-22(27(20)34)15-41(40-24)17-44-47(43,45-30(3,4)5)46-31(6,7)8;2*1-2/h9-16,18H,17H2,1-8H3;2*1-2H3. The highest BCUT2D eigenvalue weighted by Crippen LogP contribution is 2.55. The minimum absolute atomic E-state index is 0.107. The first-order valence-electron chi connectivity index (χ1n) is 16.7. The van der Waals surface area contributed by atoms with Crippen molar-refractivity contribution < 1.29 is 40.1 Å². The van der Waals surface area contributed by atoms with Crippen molar-refractivity contribution in [2.45, 2.75) is 113 Å².